The number of hydrogen-bond donors (Lipinski definition) is 0. The van der Waals surface area contributed by atoms with Crippen LogP contribution in [0.2, 0.25) is 0 Å². The van der Waals surface area contributed by atoms with Gasteiger partial charge in [-0.05, 0) is 40.6 Å². The molecule has 1 fully saturated rings. The van der Waals surface area contributed by atoms with Gasteiger partial charge in [0.05, 0.1) is 0 Å². The third-order valence-corrected chi connectivity index (χ3v) is 10.8. The second kappa shape index (κ2) is 8.46. The van der Waals surface area contributed by atoms with Crippen molar-refractivity contribution >= 4 is 5.57 Å². The zero-order valence-corrected chi connectivity index (χ0v) is 24.9. The van der Waals surface area contributed by atoms with E-state index in [9.17, 15) is 0 Å². The van der Waals surface area contributed by atoms with Crippen LogP contribution in [0.25, 0.3) is 5.57 Å². The molecule has 0 heterocycles. The third kappa shape index (κ3) is 2.99. The van der Waals surface area contributed by atoms with E-state index in [0.717, 1.165) is 6.42 Å². The van der Waals surface area contributed by atoms with E-state index in [1.54, 1.807) is 28.2 Å². The molecule has 0 nitrogen and oxygen atoms in total. The molecule has 0 aromatic heterocycles. The van der Waals surface area contributed by atoms with E-state index < -0.39 is 0 Å². The molecule has 2 unspecified atom stereocenters. The Kier molecular flexibility index (Phi) is 7.41. The minimum absolute atomic E-state index is 0. The molecule has 170 valence electrons. The summed E-state index contributed by atoms with van der Waals surface area (Å²) in [5.41, 5.74) is 10.3. The van der Waals surface area contributed by atoms with Crippen LogP contribution < -0.4 is 24.8 Å². The molecular weight excluding hydrogens is 510 g/mol. The van der Waals surface area contributed by atoms with Crippen molar-refractivity contribution in [3.8, 4) is 0 Å². The molecule has 32 heavy (non-hydrogen) atoms. The standard InChI is InChI=1S/C29H37.2ClH.Zr/c1-18-25-22-17-19-13-9-10-14-20(19)24(22)21-15-11-12-16-23(21)29(25,8)28(6,7)27(4,5)26(18,2)3;;;/h9-11,13-15,23H,12,16-17H2,1-8H3;2*1H;/q-1;;;+4/p-2. The van der Waals surface area contributed by atoms with E-state index in [0.29, 0.717) is 5.92 Å². The van der Waals surface area contributed by atoms with E-state index in [4.69, 9.17) is 0 Å². The first kappa shape index (κ1) is 28.0. The molecule has 0 N–H and O–H groups in total. The third-order valence-electron chi connectivity index (χ3n) is 10.8. The van der Waals surface area contributed by atoms with Gasteiger partial charge in [-0.25, -0.2) is 5.92 Å². The zero-order valence-electron chi connectivity index (χ0n) is 20.9. The second-order valence-corrected chi connectivity index (χ2v) is 11.8. The topological polar surface area (TPSA) is 0 Å². The summed E-state index contributed by atoms with van der Waals surface area (Å²) >= 11 is 0. The quantitative estimate of drug-likeness (QED) is 0.436. The van der Waals surface area contributed by atoms with Gasteiger partial charge in [-0.3, -0.25) is 0 Å². The molecular formula is C29H37Cl2Zr+. The van der Waals surface area contributed by atoms with Crippen molar-refractivity contribution in [2.45, 2.75) is 74.7 Å². The molecule has 0 bridgehead atoms. The van der Waals surface area contributed by atoms with Crippen LogP contribution >= 0.6 is 0 Å². The molecule has 0 amide bonds. The maximum atomic E-state index is 2.62. The SMILES string of the molecule is C[C-]1C2=C3Cc4ccccc4C3=C3C=CCCC3C2(C)C(C)(C)C(C)(C)C1(C)C.[Cl-].[Cl-].[Zr+4]. The zero-order chi connectivity index (χ0) is 21.0. The van der Waals surface area contributed by atoms with E-state index in [2.05, 4.69) is 91.8 Å². The van der Waals surface area contributed by atoms with Crippen molar-refractivity contribution in [2.75, 3.05) is 0 Å². The molecule has 0 spiro atoms. The van der Waals surface area contributed by atoms with Gasteiger partial charge in [0.2, 0.25) is 0 Å². The first-order chi connectivity index (χ1) is 13.5. The van der Waals surface area contributed by atoms with E-state index in [1.807, 2.05) is 0 Å². The first-order valence-corrected chi connectivity index (χ1v) is 11.6. The normalized spacial score (nSPS) is 30.1. The Labute approximate surface area is 227 Å². The van der Waals surface area contributed by atoms with Gasteiger partial charge in [0.15, 0.2) is 0 Å². The summed E-state index contributed by atoms with van der Waals surface area (Å²) in [7, 11) is 0. The summed E-state index contributed by atoms with van der Waals surface area (Å²) in [5.74, 6) is 2.24. The minimum Gasteiger partial charge on any atom is -1.00 e. The van der Waals surface area contributed by atoms with Gasteiger partial charge in [-0.15, -0.1) is 6.92 Å². The largest absolute Gasteiger partial charge is 4.00 e. The monoisotopic (exact) mass is 545 g/mol. The average molecular weight is 548 g/mol. The van der Waals surface area contributed by atoms with Crippen LogP contribution in [0.3, 0.4) is 0 Å². The fourth-order valence-electron chi connectivity index (χ4n) is 7.57. The average Bonchev–Trinajstić information content (AvgIpc) is 3.05. The molecule has 1 saturated carbocycles. The first-order valence-electron chi connectivity index (χ1n) is 11.6. The van der Waals surface area contributed by atoms with Crippen LogP contribution in [-0.4, -0.2) is 0 Å². The molecule has 5 rings (SSSR count). The maximum absolute atomic E-state index is 2.62. The van der Waals surface area contributed by atoms with Gasteiger partial charge in [0.25, 0.3) is 0 Å². The van der Waals surface area contributed by atoms with Crippen molar-refractivity contribution in [3.05, 3.63) is 70.2 Å². The van der Waals surface area contributed by atoms with Crippen LogP contribution in [0, 0.1) is 33.5 Å². The summed E-state index contributed by atoms with van der Waals surface area (Å²) in [5, 5.41) is 0. The molecule has 3 heteroatoms. The number of allylic oxidation sites excluding steroid dienone is 6. The number of halogens is 2. The smallest absolute Gasteiger partial charge is 1.00 e. The van der Waals surface area contributed by atoms with E-state index >= 15 is 0 Å². The Morgan fingerprint density at radius 2 is 1.53 bits per heavy atom. The predicted molar refractivity (Wildman–Crippen MR) is 124 cm³/mol. The van der Waals surface area contributed by atoms with Gasteiger partial charge in [0.1, 0.15) is 0 Å². The fraction of sp³-hybridized carbons (Fsp3) is 0.552. The number of benzene rings is 1. The maximum Gasteiger partial charge on any atom is 4.00 e. The molecule has 4 aliphatic carbocycles. The summed E-state index contributed by atoms with van der Waals surface area (Å²) in [4.78, 5) is 0. The van der Waals surface area contributed by atoms with Crippen molar-refractivity contribution < 1.29 is 51.0 Å². The molecule has 4 aliphatic rings. The number of hydrogen-bond acceptors (Lipinski definition) is 0. The molecule has 2 atom stereocenters. The Hall–Kier alpha value is -0.227. The number of rotatable bonds is 0. The van der Waals surface area contributed by atoms with Crippen LogP contribution in [-0.2, 0) is 32.6 Å². The second-order valence-electron chi connectivity index (χ2n) is 11.8. The fourth-order valence-corrected chi connectivity index (χ4v) is 7.57. The van der Waals surface area contributed by atoms with Gasteiger partial charge in [-0.1, -0.05) is 113 Å². The summed E-state index contributed by atoms with van der Waals surface area (Å²) in [6.45, 7) is 20.3. The van der Waals surface area contributed by atoms with Gasteiger partial charge in [0, 0.05) is 0 Å². The van der Waals surface area contributed by atoms with Crippen LogP contribution in [0.4, 0.5) is 0 Å². The van der Waals surface area contributed by atoms with Gasteiger partial charge < -0.3 is 24.8 Å². The Morgan fingerprint density at radius 1 is 0.906 bits per heavy atom. The molecule has 0 aliphatic heterocycles. The predicted octanol–water partition coefficient (Wildman–Crippen LogP) is 1.97. The Bertz CT molecular complexity index is 1010. The summed E-state index contributed by atoms with van der Waals surface area (Å²) in [6.07, 6.45) is 8.50. The summed E-state index contributed by atoms with van der Waals surface area (Å²) in [6, 6.07) is 9.16. The van der Waals surface area contributed by atoms with E-state index in [1.165, 1.54) is 24.0 Å². The van der Waals surface area contributed by atoms with Gasteiger partial charge in [-0.2, -0.15) is 11.1 Å². The van der Waals surface area contributed by atoms with Crippen LogP contribution in [0.15, 0.2) is 53.1 Å². The summed E-state index contributed by atoms with van der Waals surface area (Å²) < 4.78 is 0. The number of fused-ring (bicyclic) bond motifs is 6. The van der Waals surface area contributed by atoms with Crippen molar-refractivity contribution in [1.29, 1.82) is 0 Å². The van der Waals surface area contributed by atoms with Crippen LogP contribution in [0.1, 0.15) is 79.4 Å². The van der Waals surface area contributed by atoms with Crippen molar-refractivity contribution in [3.63, 3.8) is 0 Å². The minimum atomic E-state index is 0. The molecule has 0 saturated heterocycles. The van der Waals surface area contributed by atoms with Gasteiger partial charge >= 0.3 is 26.2 Å². The van der Waals surface area contributed by atoms with E-state index in [-0.39, 0.29) is 72.7 Å². The van der Waals surface area contributed by atoms with Crippen molar-refractivity contribution in [2.24, 2.45) is 27.6 Å². The Morgan fingerprint density at radius 3 is 2.19 bits per heavy atom. The Balaban J connectivity index is 0.00000121. The van der Waals surface area contributed by atoms with Crippen molar-refractivity contribution in [1.82, 2.24) is 0 Å². The van der Waals surface area contributed by atoms with Crippen LogP contribution in [0.5, 0.6) is 0 Å². The molecule has 0 radical (unpaired) electrons. The molecule has 1 aromatic rings. The molecule has 1 aromatic carbocycles.